The largest absolute Gasteiger partial charge is 0.459 e. The lowest BCUT2D eigenvalue weighted by Crippen LogP contribution is -2.45. The number of carbonyl (C=O) groups excluding carboxylic acids is 2. The van der Waals surface area contributed by atoms with E-state index in [0.717, 1.165) is 24.8 Å². The highest BCUT2D eigenvalue weighted by Crippen LogP contribution is 2.33. The number of ether oxygens (including phenoxy) is 1. The standard InChI is InChI=1S/C20H25ClN2O3/c1-11-4-9-16(10-12(11)2)26-19(24)17-13(3)22-20(25)23-18(17)14-5-7-15(21)8-6-14/h5-8,11-12,16,18H,4,9-10H2,1-3H3,(H2,22,23,25)/t11-,12+,16-,18-/m0/s1. The Hall–Kier alpha value is -2.01. The lowest BCUT2D eigenvalue weighted by Gasteiger charge is -2.33. The summed E-state index contributed by atoms with van der Waals surface area (Å²) in [7, 11) is 0. The third-order valence-electron chi connectivity index (χ3n) is 5.52. The van der Waals surface area contributed by atoms with Gasteiger partial charge >= 0.3 is 12.0 Å². The highest BCUT2D eigenvalue weighted by atomic mass is 35.5. The van der Waals surface area contributed by atoms with Gasteiger partial charge in [-0.25, -0.2) is 9.59 Å². The lowest BCUT2D eigenvalue weighted by molar-refractivity contribution is -0.147. The average Bonchev–Trinajstić information content (AvgIpc) is 2.58. The van der Waals surface area contributed by atoms with Gasteiger partial charge in [-0.05, 0) is 55.7 Å². The smallest absolute Gasteiger partial charge is 0.338 e. The van der Waals surface area contributed by atoms with Gasteiger partial charge < -0.3 is 15.4 Å². The first-order chi connectivity index (χ1) is 12.3. The minimum atomic E-state index is -0.548. The molecule has 1 aliphatic carbocycles. The Morgan fingerprint density at radius 1 is 1.15 bits per heavy atom. The Morgan fingerprint density at radius 3 is 2.50 bits per heavy atom. The maximum Gasteiger partial charge on any atom is 0.338 e. The van der Waals surface area contributed by atoms with Gasteiger partial charge in [-0.15, -0.1) is 0 Å². The molecule has 1 heterocycles. The second-order valence-electron chi connectivity index (χ2n) is 7.42. The van der Waals surface area contributed by atoms with E-state index in [2.05, 4.69) is 24.5 Å². The summed E-state index contributed by atoms with van der Waals surface area (Å²) in [6.45, 7) is 6.17. The number of urea groups is 1. The summed E-state index contributed by atoms with van der Waals surface area (Å²) in [6, 6.07) is 6.22. The fourth-order valence-electron chi connectivity index (χ4n) is 3.69. The summed E-state index contributed by atoms with van der Waals surface area (Å²) in [5.74, 6) is 0.818. The topological polar surface area (TPSA) is 67.4 Å². The number of carbonyl (C=O) groups is 2. The molecule has 140 valence electrons. The summed E-state index contributed by atoms with van der Waals surface area (Å²) in [5, 5.41) is 6.09. The molecular weight excluding hydrogens is 352 g/mol. The van der Waals surface area contributed by atoms with Crippen molar-refractivity contribution in [3.8, 4) is 0 Å². The van der Waals surface area contributed by atoms with Gasteiger partial charge in [-0.1, -0.05) is 37.6 Å². The second kappa shape index (κ2) is 7.70. The predicted octanol–water partition coefficient (Wildman–Crippen LogP) is 4.34. The van der Waals surface area contributed by atoms with Crippen LogP contribution in [0, 0.1) is 11.8 Å². The van der Waals surface area contributed by atoms with Gasteiger partial charge in [-0.3, -0.25) is 0 Å². The quantitative estimate of drug-likeness (QED) is 0.771. The van der Waals surface area contributed by atoms with Crippen molar-refractivity contribution >= 4 is 23.6 Å². The molecule has 0 saturated heterocycles. The van der Waals surface area contributed by atoms with Gasteiger partial charge in [0.2, 0.25) is 0 Å². The summed E-state index contributed by atoms with van der Waals surface area (Å²) in [4.78, 5) is 24.9. The van der Waals surface area contributed by atoms with Gasteiger partial charge in [0.25, 0.3) is 0 Å². The summed E-state index contributed by atoms with van der Waals surface area (Å²) in [6.07, 6.45) is 2.75. The summed E-state index contributed by atoms with van der Waals surface area (Å²) < 4.78 is 5.82. The molecule has 1 fully saturated rings. The second-order valence-corrected chi connectivity index (χ2v) is 7.85. The fraction of sp³-hybridized carbons (Fsp3) is 0.500. The Morgan fingerprint density at radius 2 is 1.85 bits per heavy atom. The fourth-order valence-corrected chi connectivity index (χ4v) is 3.82. The molecular formula is C20H25ClN2O3. The van der Waals surface area contributed by atoms with E-state index >= 15 is 0 Å². The van der Waals surface area contributed by atoms with E-state index in [1.54, 1.807) is 19.1 Å². The molecule has 1 aliphatic heterocycles. The molecule has 1 aromatic rings. The predicted molar refractivity (Wildman–Crippen MR) is 101 cm³/mol. The highest BCUT2D eigenvalue weighted by Gasteiger charge is 2.34. The van der Waals surface area contributed by atoms with Crippen molar-refractivity contribution in [3.05, 3.63) is 46.1 Å². The molecule has 26 heavy (non-hydrogen) atoms. The third kappa shape index (κ3) is 4.04. The molecule has 0 radical (unpaired) electrons. The molecule has 1 aromatic carbocycles. The number of hydrogen-bond donors (Lipinski definition) is 2. The van der Waals surface area contributed by atoms with Crippen LogP contribution in [-0.2, 0) is 9.53 Å². The van der Waals surface area contributed by atoms with Crippen LogP contribution in [0.1, 0.15) is 51.6 Å². The number of nitrogens with one attached hydrogen (secondary N) is 2. The molecule has 2 N–H and O–H groups in total. The molecule has 0 spiro atoms. The maximum atomic E-state index is 12.9. The highest BCUT2D eigenvalue weighted by molar-refractivity contribution is 6.30. The number of halogens is 1. The SMILES string of the molecule is CC1=C(C(=O)O[C@H]2CC[C@H](C)[C@H](C)C2)[C@H](c2ccc(Cl)cc2)NC(=O)N1. The van der Waals surface area contributed by atoms with Crippen LogP contribution in [0.4, 0.5) is 4.79 Å². The van der Waals surface area contributed by atoms with Crippen molar-refractivity contribution in [2.45, 2.75) is 52.2 Å². The van der Waals surface area contributed by atoms with Crippen LogP contribution in [0.2, 0.25) is 5.02 Å². The first-order valence-electron chi connectivity index (χ1n) is 9.10. The number of amides is 2. The van der Waals surface area contributed by atoms with Gasteiger partial charge in [0.15, 0.2) is 0 Å². The lowest BCUT2D eigenvalue weighted by atomic mass is 9.80. The molecule has 0 bridgehead atoms. The molecule has 2 aliphatic rings. The van der Waals surface area contributed by atoms with Crippen LogP contribution in [0.25, 0.3) is 0 Å². The zero-order valence-electron chi connectivity index (χ0n) is 15.3. The van der Waals surface area contributed by atoms with Crippen molar-refractivity contribution in [2.24, 2.45) is 11.8 Å². The average molecular weight is 377 g/mol. The Balaban J connectivity index is 1.82. The van der Waals surface area contributed by atoms with Crippen LogP contribution in [-0.4, -0.2) is 18.1 Å². The van der Waals surface area contributed by atoms with Crippen LogP contribution in [0.5, 0.6) is 0 Å². The molecule has 1 saturated carbocycles. The minimum absolute atomic E-state index is 0.0718. The van der Waals surface area contributed by atoms with Crippen molar-refractivity contribution in [2.75, 3.05) is 0 Å². The number of allylic oxidation sites excluding steroid dienone is 1. The molecule has 5 nitrogen and oxygen atoms in total. The van der Waals surface area contributed by atoms with E-state index in [1.165, 1.54) is 0 Å². The van der Waals surface area contributed by atoms with Crippen LogP contribution in [0.3, 0.4) is 0 Å². The Labute approximate surface area is 159 Å². The number of rotatable bonds is 3. The van der Waals surface area contributed by atoms with Crippen LogP contribution < -0.4 is 10.6 Å². The Bertz CT molecular complexity index is 729. The molecule has 6 heteroatoms. The molecule has 4 atom stereocenters. The van der Waals surface area contributed by atoms with Gasteiger partial charge in [0.05, 0.1) is 11.6 Å². The summed E-state index contributed by atoms with van der Waals surface area (Å²) >= 11 is 5.96. The van der Waals surface area contributed by atoms with E-state index in [-0.39, 0.29) is 18.1 Å². The van der Waals surface area contributed by atoms with Crippen molar-refractivity contribution in [1.29, 1.82) is 0 Å². The third-order valence-corrected chi connectivity index (χ3v) is 5.77. The van der Waals surface area contributed by atoms with Gasteiger partial charge in [0, 0.05) is 10.7 Å². The molecule has 0 unspecified atom stereocenters. The number of hydrogen-bond acceptors (Lipinski definition) is 3. The van der Waals surface area contributed by atoms with Crippen LogP contribution in [0.15, 0.2) is 35.5 Å². The van der Waals surface area contributed by atoms with Gasteiger partial charge in [0.1, 0.15) is 6.10 Å². The first kappa shape index (κ1) is 18.8. The van der Waals surface area contributed by atoms with E-state index in [4.69, 9.17) is 16.3 Å². The van der Waals surface area contributed by atoms with Crippen molar-refractivity contribution in [1.82, 2.24) is 10.6 Å². The molecule has 0 aromatic heterocycles. The van der Waals surface area contributed by atoms with Crippen LogP contribution >= 0.6 is 11.6 Å². The monoisotopic (exact) mass is 376 g/mol. The van der Waals surface area contributed by atoms with Gasteiger partial charge in [-0.2, -0.15) is 0 Å². The number of benzene rings is 1. The van der Waals surface area contributed by atoms with Crippen molar-refractivity contribution in [3.63, 3.8) is 0 Å². The van der Waals surface area contributed by atoms with E-state index < -0.39 is 6.04 Å². The Kier molecular flexibility index (Phi) is 5.56. The zero-order chi connectivity index (χ0) is 18.8. The normalized spacial score (nSPS) is 29.0. The zero-order valence-corrected chi connectivity index (χ0v) is 16.1. The van der Waals surface area contributed by atoms with E-state index in [1.807, 2.05) is 12.1 Å². The van der Waals surface area contributed by atoms with E-state index in [0.29, 0.717) is 28.1 Å². The number of esters is 1. The minimum Gasteiger partial charge on any atom is -0.459 e. The molecule has 2 amide bonds. The first-order valence-corrected chi connectivity index (χ1v) is 9.47. The van der Waals surface area contributed by atoms with Crippen molar-refractivity contribution < 1.29 is 14.3 Å². The maximum absolute atomic E-state index is 12.9. The summed E-state index contributed by atoms with van der Waals surface area (Å²) in [5.41, 5.74) is 1.76. The molecule has 3 rings (SSSR count). The van der Waals surface area contributed by atoms with E-state index in [9.17, 15) is 9.59 Å².